The van der Waals surface area contributed by atoms with Crippen molar-refractivity contribution in [1.29, 1.82) is 0 Å². The molecule has 0 amide bonds. The van der Waals surface area contributed by atoms with Gasteiger partial charge in [0.25, 0.3) is 6.43 Å². The molecular weight excluding hydrogens is 245 g/mol. The van der Waals surface area contributed by atoms with Gasteiger partial charge in [-0.05, 0) is 6.07 Å². The average Bonchev–Trinajstić information content (AvgIpc) is 2.25. The van der Waals surface area contributed by atoms with Crippen LogP contribution in [0.3, 0.4) is 0 Å². The number of alkyl halides is 2. The first-order chi connectivity index (χ1) is 7.91. The number of aliphatic hydroxyl groups excluding tert-OH is 1. The number of halogens is 5. The van der Waals surface area contributed by atoms with Crippen LogP contribution in [0.2, 0.25) is 0 Å². The van der Waals surface area contributed by atoms with Gasteiger partial charge in [-0.15, -0.1) is 0 Å². The molecule has 0 fully saturated rings. The van der Waals surface area contributed by atoms with Crippen LogP contribution in [0.1, 0.15) is 5.56 Å². The molecule has 0 aliphatic rings. The number of benzene rings is 1. The summed E-state index contributed by atoms with van der Waals surface area (Å²) in [7, 11) is 0. The van der Waals surface area contributed by atoms with Gasteiger partial charge in [-0.3, -0.25) is 0 Å². The van der Waals surface area contributed by atoms with Gasteiger partial charge in [0.15, 0.2) is 11.6 Å². The van der Waals surface area contributed by atoms with Crippen molar-refractivity contribution in [1.82, 2.24) is 5.32 Å². The van der Waals surface area contributed by atoms with Crippen molar-refractivity contribution in [2.75, 3.05) is 6.54 Å². The maximum Gasteiger partial charge on any atom is 0.265 e. The highest BCUT2D eigenvalue weighted by atomic mass is 19.3. The van der Waals surface area contributed by atoms with Crippen molar-refractivity contribution in [2.45, 2.75) is 19.1 Å². The van der Waals surface area contributed by atoms with Crippen molar-refractivity contribution >= 4 is 0 Å². The van der Waals surface area contributed by atoms with Crippen LogP contribution in [0, 0.1) is 17.5 Å². The lowest BCUT2D eigenvalue weighted by molar-refractivity contribution is -0.00343. The normalized spacial score (nSPS) is 13.1. The van der Waals surface area contributed by atoms with Crippen molar-refractivity contribution in [2.24, 2.45) is 0 Å². The monoisotopic (exact) mass is 255 g/mol. The molecule has 0 heterocycles. The third-order valence-electron chi connectivity index (χ3n) is 2.05. The Morgan fingerprint density at radius 2 is 1.65 bits per heavy atom. The van der Waals surface area contributed by atoms with Gasteiger partial charge in [0.05, 0.1) is 0 Å². The first-order valence-electron chi connectivity index (χ1n) is 4.72. The second-order valence-electron chi connectivity index (χ2n) is 3.39. The summed E-state index contributed by atoms with van der Waals surface area (Å²) in [4.78, 5) is 0. The Kier molecular flexibility index (Phi) is 4.83. The van der Waals surface area contributed by atoms with E-state index in [1.807, 2.05) is 0 Å². The van der Waals surface area contributed by atoms with Crippen molar-refractivity contribution in [3.8, 4) is 0 Å². The molecule has 0 bridgehead atoms. The summed E-state index contributed by atoms with van der Waals surface area (Å²) in [6, 6.07) is 1.00. The molecule has 2 nitrogen and oxygen atoms in total. The summed E-state index contributed by atoms with van der Waals surface area (Å²) in [5.41, 5.74) is -0.203. The summed E-state index contributed by atoms with van der Waals surface area (Å²) in [5, 5.41) is 11.0. The Labute approximate surface area is 94.1 Å². The first-order valence-corrected chi connectivity index (χ1v) is 4.72. The molecular formula is C10H10F5NO. The molecule has 1 atom stereocenters. The second kappa shape index (κ2) is 5.92. The standard InChI is InChI=1S/C10H10F5NO/c11-6-2-8(13)7(12)1-5(6)3-16-4-9(17)10(14)15/h1-2,9-10,16-17H,3-4H2. The van der Waals surface area contributed by atoms with Crippen LogP contribution < -0.4 is 5.32 Å². The van der Waals surface area contributed by atoms with Crippen molar-refractivity contribution < 1.29 is 27.1 Å². The van der Waals surface area contributed by atoms with Gasteiger partial charge < -0.3 is 10.4 Å². The third kappa shape index (κ3) is 3.94. The van der Waals surface area contributed by atoms with Gasteiger partial charge in [-0.25, -0.2) is 22.0 Å². The third-order valence-corrected chi connectivity index (χ3v) is 2.05. The molecule has 0 aromatic heterocycles. The number of nitrogens with one attached hydrogen (secondary N) is 1. The number of hydrogen-bond acceptors (Lipinski definition) is 2. The van der Waals surface area contributed by atoms with Crippen LogP contribution in [-0.4, -0.2) is 24.2 Å². The zero-order valence-electron chi connectivity index (χ0n) is 8.56. The maximum atomic E-state index is 13.1. The van der Waals surface area contributed by atoms with Crippen LogP contribution in [-0.2, 0) is 6.54 Å². The van der Waals surface area contributed by atoms with Crippen LogP contribution in [0.4, 0.5) is 22.0 Å². The number of hydrogen-bond donors (Lipinski definition) is 2. The molecule has 96 valence electrons. The largest absolute Gasteiger partial charge is 0.386 e. The van der Waals surface area contributed by atoms with E-state index in [2.05, 4.69) is 5.32 Å². The van der Waals surface area contributed by atoms with Gasteiger partial charge in [0, 0.05) is 24.7 Å². The Bertz CT molecular complexity index is 385. The molecule has 17 heavy (non-hydrogen) atoms. The molecule has 0 spiro atoms. The van der Waals surface area contributed by atoms with E-state index in [1.54, 1.807) is 0 Å². The summed E-state index contributed by atoms with van der Waals surface area (Å²) in [6.45, 7) is -0.761. The Morgan fingerprint density at radius 1 is 1.06 bits per heavy atom. The van der Waals surface area contributed by atoms with Gasteiger partial charge in [0.2, 0.25) is 0 Å². The molecule has 1 aromatic rings. The van der Waals surface area contributed by atoms with E-state index in [0.29, 0.717) is 12.1 Å². The second-order valence-corrected chi connectivity index (χ2v) is 3.39. The molecule has 1 aromatic carbocycles. The van der Waals surface area contributed by atoms with E-state index >= 15 is 0 Å². The quantitative estimate of drug-likeness (QED) is 0.621. The minimum atomic E-state index is -2.92. The highest BCUT2D eigenvalue weighted by Gasteiger charge is 2.16. The Hall–Kier alpha value is -1.21. The fraction of sp³-hybridized carbons (Fsp3) is 0.400. The summed E-state index contributed by atoms with van der Waals surface area (Å²) >= 11 is 0. The zero-order chi connectivity index (χ0) is 13.0. The van der Waals surface area contributed by atoms with Crippen LogP contribution in [0.5, 0.6) is 0 Å². The first kappa shape index (κ1) is 13.9. The highest BCUT2D eigenvalue weighted by Crippen LogP contribution is 2.13. The Morgan fingerprint density at radius 3 is 2.24 bits per heavy atom. The zero-order valence-corrected chi connectivity index (χ0v) is 8.56. The fourth-order valence-corrected chi connectivity index (χ4v) is 1.14. The van der Waals surface area contributed by atoms with Crippen LogP contribution >= 0.6 is 0 Å². The lowest BCUT2D eigenvalue weighted by Gasteiger charge is -2.11. The van der Waals surface area contributed by atoms with E-state index in [-0.39, 0.29) is 12.1 Å². The average molecular weight is 255 g/mol. The predicted molar refractivity (Wildman–Crippen MR) is 50.0 cm³/mol. The van der Waals surface area contributed by atoms with Gasteiger partial charge in [-0.2, -0.15) is 0 Å². The smallest absolute Gasteiger partial charge is 0.265 e. The topological polar surface area (TPSA) is 32.3 Å². The van der Waals surface area contributed by atoms with Crippen molar-refractivity contribution in [3.05, 3.63) is 35.1 Å². The van der Waals surface area contributed by atoms with Crippen LogP contribution in [0.15, 0.2) is 12.1 Å². The molecule has 0 aliphatic heterocycles. The molecule has 2 N–H and O–H groups in total. The van der Waals surface area contributed by atoms with E-state index < -0.39 is 36.5 Å². The van der Waals surface area contributed by atoms with Gasteiger partial charge in [-0.1, -0.05) is 0 Å². The predicted octanol–water partition coefficient (Wildman–Crippen LogP) is 1.82. The molecule has 7 heteroatoms. The van der Waals surface area contributed by atoms with E-state index in [1.165, 1.54) is 0 Å². The Balaban J connectivity index is 2.55. The van der Waals surface area contributed by atoms with Gasteiger partial charge >= 0.3 is 0 Å². The van der Waals surface area contributed by atoms with E-state index in [4.69, 9.17) is 5.11 Å². The van der Waals surface area contributed by atoms with E-state index in [0.717, 1.165) is 0 Å². The molecule has 0 saturated heterocycles. The highest BCUT2D eigenvalue weighted by molar-refractivity contribution is 5.19. The molecule has 1 unspecified atom stereocenters. The lowest BCUT2D eigenvalue weighted by Crippen LogP contribution is -2.31. The van der Waals surface area contributed by atoms with Gasteiger partial charge in [0.1, 0.15) is 11.9 Å². The number of aliphatic hydroxyl groups is 1. The lowest BCUT2D eigenvalue weighted by atomic mass is 10.2. The van der Waals surface area contributed by atoms with Crippen LogP contribution in [0.25, 0.3) is 0 Å². The SMILES string of the molecule is OC(CNCc1cc(F)c(F)cc1F)C(F)F. The minimum absolute atomic E-state index is 0.203. The van der Waals surface area contributed by atoms with E-state index in [9.17, 15) is 22.0 Å². The summed E-state index contributed by atoms with van der Waals surface area (Å²) < 4.78 is 62.1. The minimum Gasteiger partial charge on any atom is -0.386 e. The molecule has 1 rings (SSSR count). The molecule has 0 saturated carbocycles. The summed E-state index contributed by atoms with van der Waals surface area (Å²) in [6.07, 6.45) is -4.80. The maximum absolute atomic E-state index is 13.1. The molecule has 0 aliphatic carbocycles. The molecule has 0 radical (unpaired) electrons. The summed E-state index contributed by atoms with van der Waals surface area (Å²) in [5.74, 6) is -3.53. The number of rotatable bonds is 5. The van der Waals surface area contributed by atoms with Crippen molar-refractivity contribution in [3.63, 3.8) is 0 Å². The fourth-order valence-electron chi connectivity index (χ4n) is 1.14.